The van der Waals surface area contributed by atoms with Crippen molar-refractivity contribution < 1.29 is 8.83 Å². The van der Waals surface area contributed by atoms with E-state index >= 15 is 0 Å². The first-order valence-electron chi connectivity index (χ1n) is 15.7. The van der Waals surface area contributed by atoms with E-state index in [2.05, 4.69) is 146 Å². The molecule has 0 fully saturated rings. The average Bonchev–Trinajstić information content (AvgIpc) is 3.76. The van der Waals surface area contributed by atoms with Gasteiger partial charge in [0.25, 0.3) is 0 Å². The molecule has 0 N–H and O–H groups in total. The Morgan fingerprint density at radius 2 is 0.957 bits per heavy atom. The van der Waals surface area contributed by atoms with Crippen LogP contribution in [0.25, 0.3) is 98.6 Å². The highest BCUT2D eigenvalue weighted by Crippen LogP contribution is 2.46. The van der Waals surface area contributed by atoms with E-state index in [1.54, 1.807) is 6.26 Å². The fourth-order valence-corrected chi connectivity index (χ4v) is 7.50. The van der Waals surface area contributed by atoms with Gasteiger partial charge < -0.3 is 8.83 Å². The van der Waals surface area contributed by atoms with Crippen LogP contribution in [0.2, 0.25) is 0 Å². The molecule has 2 aromatic heterocycles. The van der Waals surface area contributed by atoms with E-state index in [1.165, 1.54) is 38.2 Å². The van der Waals surface area contributed by atoms with E-state index in [0.29, 0.717) is 0 Å². The number of hydrogen-bond acceptors (Lipinski definition) is 2. The standard InChI is InChI=1S/C44H26O2/c1-2-10-27(11-3-1)31-17-9-18-36-37-23-22-28-20-21-30(26-39(28)44(37)46-43(31)36)40-32-13-4-6-15-34(32)41(35-16-7-5-14-33(35)40)38-19-8-12-29-24-25-45-42(29)38/h1-26H. The first kappa shape index (κ1) is 25.2. The Morgan fingerprint density at radius 1 is 0.326 bits per heavy atom. The first-order valence-corrected chi connectivity index (χ1v) is 15.7. The lowest BCUT2D eigenvalue weighted by Gasteiger charge is -2.18. The number of fused-ring (bicyclic) bond motifs is 8. The van der Waals surface area contributed by atoms with E-state index in [1.807, 2.05) is 6.07 Å². The van der Waals surface area contributed by atoms with Crippen molar-refractivity contribution in [2.24, 2.45) is 0 Å². The number of hydrogen-bond donors (Lipinski definition) is 0. The maximum atomic E-state index is 6.82. The molecule has 0 aliphatic heterocycles. The summed E-state index contributed by atoms with van der Waals surface area (Å²) in [5.74, 6) is 0. The Bertz CT molecular complexity index is 2740. The second-order valence-electron chi connectivity index (χ2n) is 12.0. The van der Waals surface area contributed by atoms with Crippen molar-refractivity contribution in [2.45, 2.75) is 0 Å². The Morgan fingerprint density at radius 3 is 1.74 bits per heavy atom. The number of benzene rings is 8. The van der Waals surface area contributed by atoms with Gasteiger partial charge in [-0.25, -0.2) is 0 Å². The van der Waals surface area contributed by atoms with Crippen molar-refractivity contribution in [1.29, 1.82) is 0 Å². The molecule has 2 heterocycles. The summed E-state index contributed by atoms with van der Waals surface area (Å²) >= 11 is 0. The molecule has 10 rings (SSSR count). The monoisotopic (exact) mass is 586 g/mol. The summed E-state index contributed by atoms with van der Waals surface area (Å²) in [4.78, 5) is 0. The van der Waals surface area contributed by atoms with Crippen molar-refractivity contribution in [3.05, 3.63) is 158 Å². The van der Waals surface area contributed by atoms with Crippen LogP contribution in [-0.2, 0) is 0 Å². The van der Waals surface area contributed by atoms with Crippen molar-refractivity contribution in [3.8, 4) is 33.4 Å². The lowest BCUT2D eigenvalue weighted by molar-refractivity contribution is 0.617. The summed E-state index contributed by atoms with van der Waals surface area (Å²) in [6.45, 7) is 0. The van der Waals surface area contributed by atoms with Gasteiger partial charge in [0, 0.05) is 38.2 Å². The molecule has 0 amide bonds. The molecule has 0 spiro atoms. The quantitative estimate of drug-likeness (QED) is 0.193. The van der Waals surface area contributed by atoms with Crippen LogP contribution in [0.1, 0.15) is 0 Å². The maximum Gasteiger partial charge on any atom is 0.143 e. The van der Waals surface area contributed by atoms with Crippen molar-refractivity contribution in [1.82, 2.24) is 0 Å². The van der Waals surface area contributed by atoms with Gasteiger partial charge in [0.15, 0.2) is 0 Å². The predicted octanol–water partition coefficient (Wildman–Crippen LogP) is 12.8. The van der Waals surface area contributed by atoms with Crippen LogP contribution in [0.4, 0.5) is 0 Å². The molecule has 0 unspecified atom stereocenters. The minimum Gasteiger partial charge on any atom is -0.464 e. The fraction of sp³-hybridized carbons (Fsp3) is 0. The largest absolute Gasteiger partial charge is 0.464 e. The fourth-order valence-electron chi connectivity index (χ4n) is 7.50. The third-order valence-corrected chi connectivity index (χ3v) is 9.53. The third kappa shape index (κ3) is 3.59. The molecule has 0 aliphatic rings. The van der Waals surface area contributed by atoms with E-state index in [0.717, 1.165) is 60.4 Å². The summed E-state index contributed by atoms with van der Waals surface area (Å²) in [6.07, 6.45) is 1.78. The Kier molecular flexibility index (Phi) is 5.31. The molecule has 0 aliphatic carbocycles. The Labute approximate surface area is 264 Å². The highest BCUT2D eigenvalue weighted by Gasteiger charge is 2.20. The molecule has 10 aromatic rings. The van der Waals surface area contributed by atoms with Crippen molar-refractivity contribution in [2.75, 3.05) is 0 Å². The average molecular weight is 587 g/mol. The molecule has 0 atom stereocenters. The van der Waals surface area contributed by atoms with Crippen LogP contribution in [0.5, 0.6) is 0 Å². The molecule has 214 valence electrons. The molecule has 0 radical (unpaired) electrons. The minimum absolute atomic E-state index is 0.915. The highest BCUT2D eigenvalue weighted by atomic mass is 16.3. The molecule has 0 saturated heterocycles. The van der Waals surface area contributed by atoms with Gasteiger partial charge in [0.1, 0.15) is 16.7 Å². The van der Waals surface area contributed by atoms with Gasteiger partial charge in [-0.1, -0.05) is 133 Å². The molecule has 2 heteroatoms. The zero-order chi connectivity index (χ0) is 30.2. The third-order valence-electron chi connectivity index (χ3n) is 9.53. The second kappa shape index (κ2) is 9.69. The molecular weight excluding hydrogens is 560 g/mol. The molecule has 0 saturated carbocycles. The van der Waals surface area contributed by atoms with Crippen LogP contribution in [0, 0.1) is 0 Å². The molecule has 2 nitrogen and oxygen atoms in total. The summed E-state index contributed by atoms with van der Waals surface area (Å²) < 4.78 is 12.9. The van der Waals surface area contributed by atoms with Crippen LogP contribution in [0.3, 0.4) is 0 Å². The Hall–Kier alpha value is -6.12. The van der Waals surface area contributed by atoms with Crippen LogP contribution >= 0.6 is 0 Å². The van der Waals surface area contributed by atoms with Gasteiger partial charge in [-0.15, -0.1) is 0 Å². The number of para-hydroxylation sites is 2. The lowest BCUT2D eigenvalue weighted by atomic mass is 9.85. The van der Waals surface area contributed by atoms with E-state index in [9.17, 15) is 0 Å². The lowest BCUT2D eigenvalue weighted by Crippen LogP contribution is -1.91. The van der Waals surface area contributed by atoms with E-state index < -0.39 is 0 Å². The summed E-state index contributed by atoms with van der Waals surface area (Å²) in [7, 11) is 0. The number of furan rings is 2. The maximum absolute atomic E-state index is 6.82. The summed E-state index contributed by atoms with van der Waals surface area (Å²) in [5, 5.41) is 10.5. The topological polar surface area (TPSA) is 26.3 Å². The van der Waals surface area contributed by atoms with E-state index in [-0.39, 0.29) is 0 Å². The molecule has 46 heavy (non-hydrogen) atoms. The first-order chi connectivity index (χ1) is 22.8. The van der Waals surface area contributed by atoms with Crippen LogP contribution in [0.15, 0.2) is 167 Å². The summed E-state index contributed by atoms with van der Waals surface area (Å²) in [6, 6.07) is 54.1. The predicted molar refractivity (Wildman–Crippen MR) is 192 cm³/mol. The van der Waals surface area contributed by atoms with Gasteiger partial charge in [0.2, 0.25) is 0 Å². The SMILES string of the molecule is c1ccc(-c2cccc3c2oc2c4cc(-c5c6ccccc6c(-c6cccc7ccoc67)c6ccccc56)ccc4ccc32)cc1. The number of rotatable bonds is 3. The molecule has 8 aromatic carbocycles. The van der Waals surface area contributed by atoms with E-state index in [4.69, 9.17) is 8.83 Å². The van der Waals surface area contributed by atoms with Gasteiger partial charge in [-0.05, 0) is 61.8 Å². The smallest absolute Gasteiger partial charge is 0.143 e. The zero-order valence-corrected chi connectivity index (χ0v) is 24.8. The summed E-state index contributed by atoms with van der Waals surface area (Å²) in [5.41, 5.74) is 9.72. The van der Waals surface area contributed by atoms with Crippen LogP contribution < -0.4 is 0 Å². The van der Waals surface area contributed by atoms with Gasteiger partial charge >= 0.3 is 0 Å². The molecule has 0 bridgehead atoms. The van der Waals surface area contributed by atoms with Gasteiger partial charge in [-0.3, -0.25) is 0 Å². The highest BCUT2D eigenvalue weighted by molar-refractivity contribution is 6.24. The van der Waals surface area contributed by atoms with Crippen molar-refractivity contribution >= 4 is 65.2 Å². The Balaban J connectivity index is 1.28. The van der Waals surface area contributed by atoms with Gasteiger partial charge in [-0.2, -0.15) is 0 Å². The molecular formula is C44H26O2. The zero-order valence-electron chi connectivity index (χ0n) is 24.8. The van der Waals surface area contributed by atoms with Gasteiger partial charge in [0.05, 0.1) is 6.26 Å². The van der Waals surface area contributed by atoms with Crippen molar-refractivity contribution in [3.63, 3.8) is 0 Å². The normalized spacial score (nSPS) is 11.9. The second-order valence-corrected chi connectivity index (χ2v) is 12.0. The van der Waals surface area contributed by atoms with Crippen LogP contribution in [-0.4, -0.2) is 0 Å². The minimum atomic E-state index is 0.915.